The molecule has 2 rings (SSSR count). The van der Waals surface area contributed by atoms with Crippen LogP contribution in [0.4, 0.5) is 5.69 Å². The van der Waals surface area contributed by atoms with Gasteiger partial charge in [-0.1, -0.05) is 0 Å². The smallest absolute Gasteiger partial charge is 0.251 e. The number of carbonyl (C=O) groups is 2. The molecular weight excluding hydrogens is 232 g/mol. The molecule has 6 heteroatoms. The van der Waals surface area contributed by atoms with Gasteiger partial charge in [0.25, 0.3) is 5.91 Å². The second-order valence-corrected chi connectivity index (χ2v) is 4.06. The summed E-state index contributed by atoms with van der Waals surface area (Å²) < 4.78 is 0. The second kappa shape index (κ2) is 4.84. The number of hydrogen-bond donors (Lipinski definition) is 1. The van der Waals surface area contributed by atoms with E-state index in [0.29, 0.717) is 24.1 Å². The van der Waals surface area contributed by atoms with Crippen LogP contribution < -0.4 is 5.32 Å². The first-order chi connectivity index (χ1) is 8.63. The summed E-state index contributed by atoms with van der Waals surface area (Å²) in [4.78, 5) is 28.2. The minimum Gasteiger partial charge on any atom is -0.371 e. The van der Waals surface area contributed by atoms with Crippen molar-refractivity contribution >= 4 is 17.5 Å². The van der Waals surface area contributed by atoms with Gasteiger partial charge in [0.05, 0.1) is 17.4 Å². The number of anilines is 1. The number of likely N-dealkylation sites (tertiary alicyclic amines) is 1. The number of likely N-dealkylation sites (N-methyl/N-ethyl adjacent to an activating group) is 1. The Kier molecular flexibility index (Phi) is 3.24. The van der Waals surface area contributed by atoms with Crippen molar-refractivity contribution in [3.05, 3.63) is 24.0 Å². The van der Waals surface area contributed by atoms with Crippen LogP contribution in [0.2, 0.25) is 0 Å². The lowest BCUT2D eigenvalue weighted by Crippen LogP contribution is -2.48. The van der Waals surface area contributed by atoms with E-state index in [4.69, 9.17) is 5.26 Å². The molecule has 2 heterocycles. The van der Waals surface area contributed by atoms with Crippen molar-refractivity contribution in [2.75, 3.05) is 12.4 Å². The maximum absolute atomic E-state index is 11.9. The molecule has 0 bridgehead atoms. The van der Waals surface area contributed by atoms with E-state index in [0.717, 1.165) is 4.90 Å². The summed E-state index contributed by atoms with van der Waals surface area (Å²) in [5.41, 5.74) is 0.943. The topological polar surface area (TPSA) is 86.1 Å². The molecule has 0 spiro atoms. The third kappa shape index (κ3) is 2.15. The molecule has 1 aliphatic rings. The Bertz CT molecular complexity index is 535. The predicted octanol–water partition coefficient (Wildman–Crippen LogP) is 0.513. The Hall–Kier alpha value is -2.42. The highest BCUT2D eigenvalue weighted by Crippen LogP contribution is 2.19. The molecule has 1 fully saturated rings. The summed E-state index contributed by atoms with van der Waals surface area (Å²) in [5, 5.41) is 11.9. The first-order valence-corrected chi connectivity index (χ1v) is 5.54. The number of pyridine rings is 1. The van der Waals surface area contributed by atoms with Gasteiger partial charge in [-0.2, -0.15) is 5.26 Å². The third-order valence-corrected chi connectivity index (χ3v) is 2.92. The van der Waals surface area contributed by atoms with Crippen molar-refractivity contribution in [2.24, 2.45) is 0 Å². The van der Waals surface area contributed by atoms with Crippen molar-refractivity contribution in [1.82, 2.24) is 9.88 Å². The van der Waals surface area contributed by atoms with Gasteiger partial charge in [-0.3, -0.25) is 19.5 Å². The lowest BCUT2D eigenvalue weighted by molar-refractivity contribution is -0.146. The summed E-state index contributed by atoms with van der Waals surface area (Å²) in [7, 11) is 1.47. The van der Waals surface area contributed by atoms with Gasteiger partial charge in [0, 0.05) is 19.7 Å². The fourth-order valence-electron chi connectivity index (χ4n) is 1.84. The minimum absolute atomic E-state index is 0.176. The maximum Gasteiger partial charge on any atom is 0.251 e. The molecule has 0 radical (unpaired) electrons. The molecule has 6 nitrogen and oxygen atoms in total. The summed E-state index contributed by atoms with van der Waals surface area (Å²) >= 11 is 0. The van der Waals surface area contributed by atoms with E-state index in [-0.39, 0.29) is 11.8 Å². The SMILES string of the molecule is CN1C(=O)CCC(Nc2cnccc2C#N)C1=O. The zero-order valence-electron chi connectivity index (χ0n) is 9.88. The molecule has 1 aromatic heterocycles. The van der Waals surface area contributed by atoms with Crippen molar-refractivity contribution in [3.8, 4) is 6.07 Å². The molecule has 1 aliphatic heterocycles. The summed E-state index contributed by atoms with van der Waals surface area (Å²) in [6, 6.07) is 3.12. The van der Waals surface area contributed by atoms with Crippen molar-refractivity contribution in [1.29, 1.82) is 5.26 Å². The molecule has 0 aromatic carbocycles. The van der Waals surface area contributed by atoms with Crippen LogP contribution >= 0.6 is 0 Å². The van der Waals surface area contributed by atoms with Crippen LogP contribution in [0.15, 0.2) is 18.5 Å². The van der Waals surface area contributed by atoms with E-state index < -0.39 is 6.04 Å². The average molecular weight is 244 g/mol. The van der Waals surface area contributed by atoms with Crippen molar-refractivity contribution in [2.45, 2.75) is 18.9 Å². The van der Waals surface area contributed by atoms with Gasteiger partial charge in [-0.05, 0) is 12.5 Å². The van der Waals surface area contributed by atoms with Gasteiger partial charge < -0.3 is 5.32 Å². The van der Waals surface area contributed by atoms with Gasteiger partial charge in [0.15, 0.2) is 0 Å². The van der Waals surface area contributed by atoms with Crippen LogP contribution in [0.1, 0.15) is 18.4 Å². The fraction of sp³-hybridized carbons (Fsp3) is 0.333. The van der Waals surface area contributed by atoms with Gasteiger partial charge in [-0.15, -0.1) is 0 Å². The van der Waals surface area contributed by atoms with Crippen LogP contribution in [0, 0.1) is 11.3 Å². The number of piperidine rings is 1. The van der Waals surface area contributed by atoms with Crippen molar-refractivity contribution in [3.63, 3.8) is 0 Å². The van der Waals surface area contributed by atoms with E-state index in [1.165, 1.54) is 19.4 Å². The van der Waals surface area contributed by atoms with E-state index >= 15 is 0 Å². The quantitative estimate of drug-likeness (QED) is 0.766. The Morgan fingerprint density at radius 1 is 1.56 bits per heavy atom. The molecule has 1 saturated heterocycles. The van der Waals surface area contributed by atoms with Crippen LogP contribution in [-0.2, 0) is 9.59 Å². The molecule has 92 valence electrons. The van der Waals surface area contributed by atoms with Crippen LogP contribution in [-0.4, -0.2) is 34.8 Å². The number of rotatable bonds is 2. The van der Waals surface area contributed by atoms with Gasteiger partial charge in [-0.25, -0.2) is 0 Å². The molecule has 18 heavy (non-hydrogen) atoms. The summed E-state index contributed by atoms with van der Waals surface area (Å²) in [6.45, 7) is 0. The number of carbonyl (C=O) groups excluding carboxylic acids is 2. The molecule has 0 aliphatic carbocycles. The van der Waals surface area contributed by atoms with Crippen LogP contribution in [0.5, 0.6) is 0 Å². The Balaban J connectivity index is 2.17. The zero-order valence-corrected chi connectivity index (χ0v) is 9.88. The highest BCUT2D eigenvalue weighted by molar-refractivity contribution is 6.01. The largest absolute Gasteiger partial charge is 0.371 e. The molecule has 1 N–H and O–H groups in total. The predicted molar refractivity (Wildman–Crippen MR) is 63.4 cm³/mol. The standard InChI is InChI=1S/C12H12N4O2/c1-16-11(17)3-2-9(12(16)18)15-10-7-14-5-4-8(10)6-13/h4-5,7,9,15H,2-3H2,1H3. The fourth-order valence-corrected chi connectivity index (χ4v) is 1.84. The average Bonchev–Trinajstić information content (AvgIpc) is 2.40. The first-order valence-electron chi connectivity index (χ1n) is 5.54. The van der Waals surface area contributed by atoms with Crippen LogP contribution in [0.3, 0.4) is 0 Å². The number of amides is 2. The summed E-state index contributed by atoms with van der Waals surface area (Å²) in [6.07, 6.45) is 3.77. The molecule has 1 unspecified atom stereocenters. The molecule has 1 aromatic rings. The normalized spacial score (nSPS) is 19.6. The zero-order chi connectivity index (χ0) is 13.1. The first kappa shape index (κ1) is 12.0. The third-order valence-electron chi connectivity index (χ3n) is 2.92. The minimum atomic E-state index is -0.482. The highest BCUT2D eigenvalue weighted by atomic mass is 16.2. The van der Waals surface area contributed by atoms with Gasteiger partial charge in [0.1, 0.15) is 12.1 Å². The Morgan fingerprint density at radius 2 is 2.33 bits per heavy atom. The van der Waals surface area contributed by atoms with E-state index in [9.17, 15) is 9.59 Å². The molecular formula is C12H12N4O2. The number of aromatic nitrogens is 1. The lowest BCUT2D eigenvalue weighted by atomic mass is 10.0. The van der Waals surface area contributed by atoms with Crippen LogP contribution in [0.25, 0.3) is 0 Å². The Morgan fingerprint density at radius 3 is 3.06 bits per heavy atom. The van der Waals surface area contributed by atoms with Gasteiger partial charge in [0.2, 0.25) is 5.91 Å². The number of nitriles is 1. The van der Waals surface area contributed by atoms with E-state index in [1.807, 2.05) is 6.07 Å². The summed E-state index contributed by atoms with van der Waals surface area (Å²) in [5.74, 6) is -0.455. The molecule has 0 saturated carbocycles. The number of imide groups is 1. The number of nitrogens with one attached hydrogen (secondary N) is 1. The molecule has 1 atom stereocenters. The van der Waals surface area contributed by atoms with Gasteiger partial charge >= 0.3 is 0 Å². The number of nitrogens with zero attached hydrogens (tertiary/aromatic N) is 3. The van der Waals surface area contributed by atoms with Crippen molar-refractivity contribution < 1.29 is 9.59 Å². The second-order valence-electron chi connectivity index (χ2n) is 4.06. The highest BCUT2D eigenvalue weighted by Gasteiger charge is 2.31. The monoisotopic (exact) mass is 244 g/mol. The maximum atomic E-state index is 11.9. The lowest BCUT2D eigenvalue weighted by Gasteiger charge is -2.28. The van der Waals surface area contributed by atoms with E-state index in [1.54, 1.807) is 6.07 Å². The van der Waals surface area contributed by atoms with E-state index in [2.05, 4.69) is 10.3 Å². The Labute approximate surface area is 104 Å². The molecule has 2 amide bonds. The number of hydrogen-bond acceptors (Lipinski definition) is 5.